The van der Waals surface area contributed by atoms with Gasteiger partial charge in [0.1, 0.15) is 0 Å². The minimum absolute atomic E-state index is 0.149. The molecule has 2 heteroatoms. The lowest BCUT2D eigenvalue weighted by Gasteiger charge is -2.22. The first-order valence-electron chi connectivity index (χ1n) is 6.65. The summed E-state index contributed by atoms with van der Waals surface area (Å²) in [6, 6.07) is 18.7. The lowest BCUT2D eigenvalue weighted by Crippen LogP contribution is -2.23. The molecule has 0 aromatic heterocycles. The smallest absolute Gasteiger partial charge is 0.0473 e. The van der Waals surface area contributed by atoms with Crippen LogP contribution in [0, 0.1) is 0 Å². The highest BCUT2D eigenvalue weighted by atomic mass is 35.5. The molecule has 1 atom stereocenters. The van der Waals surface area contributed by atoms with Crippen LogP contribution in [-0.2, 0) is 11.8 Å². The van der Waals surface area contributed by atoms with Gasteiger partial charge in [-0.05, 0) is 42.5 Å². The summed E-state index contributed by atoms with van der Waals surface area (Å²) in [4.78, 5) is 0. The second-order valence-electron chi connectivity index (χ2n) is 5.32. The van der Waals surface area contributed by atoms with Gasteiger partial charge in [0.05, 0.1) is 0 Å². The van der Waals surface area contributed by atoms with Crippen molar-refractivity contribution in [3.63, 3.8) is 0 Å². The predicted molar refractivity (Wildman–Crippen MR) is 82.2 cm³/mol. The molecule has 3 rings (SSSR count). The van der Waals surface area contributed by atoms with Crippen molar-refractivity contribution in [1.82, 2.24) is 0 Å². The molecule has 0 aliphatic heterocycles. The molecule has 1 aliphatic rings. The Kier molecular flexibility index (Phi) is 3.56. The summed E-state index contributed by atoms with van der Waals surface area (Å²) < 4.78 is 0. The van der Waals surface area contributed by atoms with E-state index in [1.807, 2.05) is 12.1 Å². The third-order valence-electron chi connectivity index (χ3n) is 4.07. The van der Waals surface area contributed by atoms with Crippen molar-refractivity contribution in [3.8, 4) is 0 Å². The van der Waals surface area contributed by atoms with E-state index >= 15 is 0 Å². The number of hydrogen-bond donors (Lipinski definition) is 0. The summed E-state index contributed by atoms with van der Waals surface area (Å²) in [5.41, 5.74) is 2.82. The maximum atomic E-state index is 6.71. The van der Waals surface area contributed by atoms with E-state index in [1.165, 1.54) is 24.0 Å². The van der Waals surface area contributed by atoms with Crippen LogP contribution in [0.3, 0.4) is 0 Å². The van der Waals surface area contributed by atoms with Gasteiger partial charge in [-0.1, -0.05) is 54.1 Å². The molecule has 19 heavy (non-hydrogen) atoms. The van der Waals surface area contributed by atoms with Crippen molar-refractivity contribution in [1.29, 1.82) is 0 Å². The monoisotopic (exact) mass is 290 g/mol. The number of hydrogen-bond acceptors (Lipinski definition) is 0. The molecule has 0 nitrogen and oxygen atoms in total. The van der Waals surface area contributed by atoms with Crippen LogP contribution in [0.4, 0.5) is 0 Å². The minimum atomic E-state index is 0.149. The summed E-state index contributed by atoms with van der Waals surface area (Å²) >= 11 is 12.6. The summed E-state index contributed by atoms with van der Waals surface area (Å²) in [6.07, 6.45) is 3.28. The van der Waals surface area contributed by atoms with Crippen LogP contribution in [-0.4, -0.2) is 5.38 Å². The average molecular weight is 291 g/mol. The van der Waals surface area contributed by atoms with Crippen molar-refractivity contribution in [2.45, 2.75) is 30.1 Å². The van der Waals surface area contributed by atoms with E-state index in [2.05, 4.69) is 42.5 Å². The van der Waals surface area contributed by atoms with Crippen LogP contribution in [0.1, 0.15) is 24.0 Å². The van der Waals surface area contributed by atoms with E-state index in [0.717, 1.165) is 11.4 Å². The lowest BCUT2D eigenvalue weighted by atomic mass is 9.89. The SMILES string of the molecule is Clc1ccc(CC(Cl)C2(c3ccccc3)CC2)cc1. The molecule has 0 N–H and O–H groups in total. The van der Waals surface area contributed by atoms with Crippen molar-refractivity contribution in [3.05, 3.63) is 70.7 Å². The van der Waals surface area contributed by atoms with Crippen LogP contribution in [0.15, 0.2) is 54.6 Å². The standard InChI is InChI=1S/C17H16Cl2/c18-15-8-6-13(7-9-15)12-16(19)17(10-11-17)14-4-2-1-3-5-14/h1-9,16H,10-12H2. The van der Waals surface area contributed by atoms with E-state index in [9.17, 15) is 0 Å². The zero-order valence-corrected chi connectivity index (χ0v) is 12.2. The molecule has 2 aromatic carbocycles. The zero-order chi connectivity index (χ0) is 13.3. The van der Waals surface area contributed by atoms with Crippen LogP contribution in [0.25, 0.3) is 0 Å². The van der Waals surface area contributed by atoms with E-state index in [1.54, 1.807) is 0 Å². The van der Waals surface area contributed by atoms with E-state index in [0.29, 0.717) is 0 Å². The molecule has 1 unspecified atom stereocenters. The Labute approximate surface area is 124 Å². The number of alkyl halides is 1. The Morgan fingerprint density at radius 1 is 0.947 bits per heavy atom. The maximum Gasteiger partial charge on any atom is 0.0473 e. The summed E-state index contributed by atoms with van der Waals surface area (Å²) in [6.45, 7) is 0. The first kappa shape index (κ1) is 13.0. The topological polar surface area (TPSA) is 0 Å². The summed E-state index contributed by atoms with van der Waals surface area (Å²) in [5.74, 6) is 0. The number of benzene rings is 2. The molecule has 1 saturated carbocycles. The Morgan fingerprint density at radius 3 is 2.16 bits per heavy atom. The highest BCUT2D eigenvalue weighted by molar-refractivity contribution is 6.30. The molecular weight excluding hydrogens is 275 g/mol. The van der Waals surface area contributed by atoms with Crippen LogP contribution in [0.2, 0.25) is 5.02 Å². The molecule has 0 amide bonds. The number of halogens is 2. The van der Waals surface area contributed by atoms with Gasteiger partial charge in [0.15, 0.2) is 0 Å². The minimum Gasteiger partial charge on any atom is -0.122 e. The zero-order valence-electron chi connectivity index (χ0n) is 10.7. The summed E-state index contributed by atoms with van der Waals surface area (Å²) in [7, 11) is 0. The third kappa shape index (κ3) is 2.66. The van der Waals surface area contributed by atoms with Gasteiger partial charge in [-0.3, -0.25) is 0 Å². The van der Waals surface area contributed by atoms with E-state index in [4.69, 9.17) is 23.2 Å². The highest BCUT2D eigenvalue weighted by Crippen LogP contribution is 2.53. The average Bonchev–Trinajstić information content (AvgIpc) is 3.24. The summed E-state index contributed by atoms with van der Waals surface area (Å²) in [5, 5.41) is 0.926. The van der Waals surface area contributed by atoms with Gasteiger partial charge in [0, 0.05) is 15.8 Å². The molecule has 2 aromatic rings. The molecule has 98 valence electrons. The molecule has 0 heterocycles. The molecule has 0 radical (unpaired) electrons. The van der Waals surface area contributed by atoms with Gasteiger partial charge in [0.25, 0.3) is 0 Å². The Bertz CT molecular complexity index is 541. The molecule has 0 bridgehead atoms. The molecular formula is C17H16Cl2. The van der Waals surface area contributed by atoms with Crippen molar-refractivity contribution >= 4 is 23.2 Å². The van der Waals surface area contributed by atoms with Gasteiger partial charge in [0.2, 0.25) is 0 Å². The van der Waals surface area contributed by atoms with Crippen LogP contribution in [0.5, 0.6) is 0 Å². The Balaban J connectivity index is 1.77. The van der Waals surface area contributed by atoms with Gasteiger partial charge < -0.3 is 0 Å². The first-order chi connectivity index (χ1) is 9.21. The second-order valence-corrected chi connectivity index (χ2v) is 6.28. The first-order valence-corrected chi connectivity index (χ1v) is 7.46. The van der Waals surface area contributed by atoms with Gasteiger partial charge in [-0.25, -0.2) is 0 Å². The fourth-order valence-corrected chi connectivity index (χ4v) is 3.36. The Morgan fingerprint density at radius 2 is 1.58 bits per heavy atom. The van der Waals surface area contributed by atoms with Gasteiger partial charge >= 0.3 is 0 Å². The largest absolute Gasteiger partial charge is 0.122 e. The van der Waals surface area contributed by atoms with Crippen molar-refractivity contribution < 1.29 is 0 Å². The number of rotatable bonds is 4. The quantitative estimate of drug-likeness (QED) is 0.677. The van der Waals surface area contributed by atoms with Crippen LogP contribution >= 0.6 is 23.2 Å². The molecule has 1 fully saturated rings. The predicted octanol–water partition coefficient (Wildman–Crippen LogP) is 5.22. The normalized spacial score (nSPS) is 18.0. The molecule has 0 spiro atoms. The van der Waals surface area contributed by atoms with E-state index < -0.39 is 0 Å². The van der Waals surface area contributed by atoms with E-state index in [-0.39, 0.29) is 10.8 Å². The fourth-order valence-electron chi connectivity index (χ4n) is 2.71. The van der Waals surface area contributed by atoms with Crippen LogP contribution < -0.4 is 0 Å². The lowest BCUT2D eigenvalue weighted by molar-refractivity contribution is 0.629. The molecule has 0 saturated heterocycles. The van der Waals surface area contributed by atoms with Crippen molar-refractivity contribution in [2.75, 3.05) is 0 Å². The molecule has 1 aliphatic carbocycles. The maximum absolute atomic E-state index is 6.71. The Hall–Kier alpha value is -0.980. The van der Waals surface area contributed by atoms with Gasteiger partial charge in [-0.15, -0.1) is 11.6 Å². The van der Waals surface area contributed by atoms with Crippen molar-refractivity contribution in [2.24, 2.45) is 0 Å². The fraction of sp³-hybridized carbons (Fsp3) is 0.294. The second kappa shape index (κ2) is 5.19. The highest BCUT2D eigenvalue weighted by Gasteiger charge is 2.49. The van der Waals surface area contributed by atoms with Gasteiger partial charge in [-0.2, -0.15) is 0 Å². The third-order valence-corrected chi connectivity index (χ3v) is 4.89.